The number of para-hydroxylation sites is 2. The number of hydrogen-bond donors (Lipinski definition) is 2. The minimum atomic E-state index is -0.00843. The zero-order chi connectivity index (χ0) is 19.4. The molecule has 2 N–H and O–H groups in total. The van der Waals surface area contributed by atoms with Crippen LogP contribution in [0.1, 0.15) is 50.5 Å². The molecule has 0 unspecified atom stereocenters. The molecule has 1 heterocycles. The van der Waals surface area contributed by atoms with Gasteiger partial charge in [-0.05, 0) is 55.9 Å². The Morgan fingerprint density at radius 3 is 2.32 bits per heavy atom. The number of hydrogen-bond acceptors (Lipinski definition) is 2. The van der Waals surface area contributed by atoms with Crippen LogP contribution in [-0.2, 0) is 15.0 Å². The van der Waals surface area contributed by atoms with Crippen LogP contribution >= 0.6 is 0 Å². The Morgan fingerprint density at radius 1 is 0.964 bits per heavy atom. The number of carbonyl (C=O) groups excluding carboxylic acids is 2. The fraction of sp³-hybridized carbons (Fsp3) is 0.333. The molecule has 0 aromatic heterocycles. The van der Waals surface area contributed by atoms with Gasteiger partial charge in [-0.1, -0.05) is 48.4 Å². The summed E-state index contributed by atoms with van der Waals surface area (Å²) in [5, 5.41) is 5.77. The van der Waals surface area contributed by atoms with Crippen molar-refractivity contribution >= 4 is 23.2 Å². The lowest BCUT2D eigenvalue weighted by molar-refractivity contribution is -0.118. The molecule has 3 aliphatic rings. The van der Waals surface area contributed by atoms with E-state index in [1.165, 1.54) is 36.8 Å². The summed E-state index contributed by atoms with van der Waals surface area (Å²) >= 11 is 0. The number of fused-ring (bicyclic) bond motifs is 2. The van der Waals surface area contributed by atoms with Crippen molar-refractivity contribution in [3.63, 3.8) is 0 Å². The first-order valence-electron chi connectivity index (χ1n) is 10.1. The number of benzene rings is 2. The van der Waals surface area contributed by atoms with Crippen molar-refractivity contribution in [2.75, 3.05) is 10.6 Å². The second-order valence-electron chi connectivity index (χ2n) is 7.92. The van der Waals surface area contributed by atoms with E-state index >= 15 is 0 Å². The highest BCUT2D eigenvalue weighted by Gasteiger charge is 2.44. The molecule has 0 bridgehead atoms. The molecule has 0 radical (unpaired) electrons. The Bertz CT molecular complexity index is 892. The number of amides is 2. The normalized spacial score (nSPS) is 18.4. The van der Waals surface area contributed by atoms with Crippen molar-refractivity contribution in [3.8, 4) is 0 Å². The van der Waals surface area contributed by atoms with E-state index < -0.39 is 0 Å². The second kappa shape index (κ2) is 8.01. The number of anilines is 2. The summed E-state index contributed by atoms with van der Waals surface area (Å²) in [6.07, 6.45) is 9.42. The van der Waals surface area contributed by atoms with Gasteiger partial charge in [-0.2, -0.15) is 0 Å². The first-order valence-corrected chi connectivity index (χ1v) is 10.1. The van der Waals surface area contributed by atoms with Crippen LogP contribution < -0.4 is 10.6 Å². The Hall–Kier alpha value is -2.88. The average Bonchev–Trinajstić information content (AvgIpc) is 2.64. The van der Waals surface area contributed by atoms with Gasteiger partial charge in [-0.15, -0.1) is 0 Å². The molecule has 5 rings (SSSR count). The first kappa shape index (κ1) is 18.5. The topological polar surface area (TPSA) is 58.2 Å². The molecule has 4 heteroatoms. The molecule has 2 saturated carbocycles. The van der Waals surface area contributed by atoms with Crippen molar-refractivity contribution in [2.45, 2.75) is 50.4 Å². The molecule has 144 valence electrons. The molecule has 0 saturated heterocycles. The number of rotatable bonds is 2. The summed E-state index contributed by atoms with van der Waals surface area (Å²) in [5.74, 6) is 0.175. The summed E-state index contributed by atoms with van der Waals surface area (Å²) in [7, 11) is 0. The minimum Gasteiger partial charge on any atom is -0.326 e. The molecule has 2 fully saturated rings. The van der Waals surface area contributed by atoms with Crippen molar-refractivity contribution in [3.05, 3.63) is 71.8 Å². The summed E-state index contributed by atoms with van der Waals surface area (Å²) in [6.45, 7) is 0. The lowest BCUT2D eigenvalue weighted by atomic mass is 9.61. The van der Waals surface area contributed by atoms with Crippen LogP contribution in [0.25, 0.3) is 0 Å². The Balaban J connectivity index is 0.000000137. The van der Waals surface area contributed by atoms with Gasteiger partial charge in [0.15, 0.2) is 0 Å². The number of nitrogens with one attached hydrogen (secondary N) is 2. The van der Waals surface area contributed by atoms with Crippen molar-refractivity contribution in [2.24, 2.45) is 0 Å². The molecular weight excluding hydrogens is 348 g/mol. The van der Waals surface area contributed by atoms with Crippen LogP contribution in [0.3, 0.4) is 0 Å². The first-order chi connectivity index (χ1) is 13.6. The largest absolute Gasteiger partial charge is 0.326 e. The van der Waals surface area contributed by atoms with E-state index in [2.05, 4.69) is 22.8 Å². The Kier molecular flexibility index (Phi) is 5.29. The SMILES string of the molecule is O=C(C=C1CCC1)Nc1ccccc1.O=C1CC2(CCC2)c2ccccc2N1. The molecular formula is C24H26N2O2. The van der Waals surface area contributed by atoms with E-state index in [-0.39, 0.29) is 17.2 Å². The minimum absolute atomic E-state index is 0.00843. The van der Waals surface area contributed by atoms with Gasteiger partial charge in [0.25, 0.3) is 0 Å². The predicted molar refractivity (Wildman–Crippen MR) is 112 cm³/mol. The van der Waals surface area contributed by atoms with E-state index in [1.54, 1.807) is 6.08 Å². The molecule has 28 heavy (non-hydrogen) atoms. The van der Waals surface area contributed by atoms with Crippen LogP contribution in [0.2, 0.25) is 0 Å². The van der Waals surface area contributed by atoms with Crippen molar-refractivity contribution < 1.29 is 9.59 Å². The summed E-state index contributed by atoms with van der Waals surface area (Å²) in [6, 6.07) is 17.7. The van der Waals surface area contributed by atoms with Gasteiger partial charge in [-0.3, -0.25) is 9.59 Å². The zero-order valence-electron chi connectivity index (χ0n) is 16.0. The van der Waals surface area contributed by atoms with Crippen molar-refractivity contribution in [1.29, 1.82) is 0 Å². The van der Waals surface area contributed by atoms with Gasteiger partial charge in [0.1, 0.15) is 0 Å². The van der Waals surface area contributed by atoms with E-state index in [1.807, 2.05) is 42.5 Å². The van der Waals surface area contributed by atoms with Gasteiger partial charge in [0.2, 0.25) is 11.8 Å². The van der Waals surface area contributed by atoms with Crippen LogP contribution in [0.15, 0.2) is 66.2 Å². The maximum atomic E-state index is 11.5. The molecule has 2 aliphatic carbocycles. The monoisotopic (exact) mass is 374 g/mol. The Labute approximate surface area is 166 Å². The number of allylic oxidation sites excluding steroid dienone is 1. The summed E-state index contributed by atoms with van der Waals surface area (Å²) < 4.78 is 0. The molecule has 1 spiro atoms. The fourth-order valence-electron chi connectivity index (χ4n) is 4.11. The zero-order valence-corrected chi connectivity index (χ0v) is 16.0. The fourth-order valence-corrected chi connectivity index (χ4v) is 4.11. The molecule has 4 nitrogen and oxygen atoms in total. The van der Waals surface area contributed by atoms with Gasteiger partial charge >= 0.3 is 0 Å². The summed E-state index contributed by atoms with van der Waals surface area (Å²) in [5.41, 5.74) is 4.69. The molecule has 0 atom stereocenters. The van der Waals surface area contributed by atoms with Gasteiger partial charge < -0.3 is 10.6 Å². The smallest absolute Gasteiger partial charge is 0.248 e. The van der Waals surface area contributed by atoms with Crippen LogP contribution in [-0.4, -0.2) is 11.8 Å². The second-order valence-corrected chi connectivity index (χ2v) is 7.92. The van der Waals surface area contributed by atoms with E-state index in [0.717, 1.165) is 24.2 Å². The molecule has 2 aromatic rings. The van der Waals surface area contributed by atoms with Gasteiger partial charge in [0, 0.05) is 29.3 Å². The maximum absolute atomic E-state index is 11.5. The highest BCUT2D eigenvalue weighted by molar-refractivity contribution is 5.99. The van der Waals surface area contributed by atoms with E-state index in [0.29, 0.717) is 6.42 Å². The van der Waals surface area contributed by atoms with Crippen LogP contribution in [0.4, 0.5) is 11.4 Å². The van der Waals surface area contributed by atoms with Crippen molar-refractivity contribution in [1.82, 2.24) is 0 Å². The highest BCUT2D eigenvalue weighted by atomic mass is 16.2. The van der Waals surface area contributed by atoms with Crippen LogP contribution in [0, 0.1) is 0 Å². The van der Waals surface area contributed by atoms with Gasteiger partial charge in [0.05, 0.1) is 0 Å². The third kappa shape index (κ3) is 4.01. The third-order valence-corrected chi connectivity index (χ3v) is 5.95. The quantitative estimate of drug-likeness (QED) is 0.711. The van der Waals surface area contributed by atoms with Crippen LogP contribution in [0.5, 0.6) is 0 Å². The van der Waals surface area contributed by atoms with E-state index in [4.69, 9.17) is 0 Å². The lowest BCUT2D eigenvalue weighted by Crippen LogP contribution is -2.42. The number of carbonyl (C=O) groups is 2. The standard InChI is InChI=1S/2C12H13NO/c14-11-8-12(6-3-7-12)9-4-1-2-5-10(9)13-11;14-12(9-10-5-4-6-10)13-11-7-2-1-3-8-11/h1-2,4-5H,3,6-8H2,(H,13,14);1-3,7-9H,4-6H2,(H,13,14). The molecule has 2 aromatic carbocycles. The third-order valence-electron chi connectivity index (χ3n) is 5.95. The molecule has 1 aliphatic heterocycles. The lowest BCUT2D eigenvalue weighted by Gasteiger charge is -2.45. The average molecular weight is 374 g/mol. The van der Waals surface area contributed by atoms with Gasteiger partial charge in [-0.25, -0.2) is 0 Å². The Morgan fingerprint density at radius 2 is 1.68 bits per heavy atom. The highest BCUT2D eigenvalue weighted by Crippen LogP contribution is 2.50. The maximum Gasteiger partial charge on any atom is 0.248 e. The molecule has 2 amide bonds. The predicted octanol–water partition coefficient (Wildman–Crippen LogP) is 5.19. The van der Waals surface area contributed by atoms with E-state index in [9.17, 15) is 9.59 Å². The summed E-state index contributed by atoms with van der Waals surface area (Å²) in [4.78, 5) is 23.0.